The number of fused-ring (bicyclic) bond motifs is 1. The highest BCUT2D eigenvalue weighted by Crippen LogP contribution is 2.32. The molecule has 0 saturated carbocycles. The Kier molecular flexibility index (Phi) is 1.51. The van der Waals surface area contributed by atoms with Crippen molar-refractivity contribution in [3.8, 4) is 5.75 Å². The lowest BCUT2D eigenvalue weighted by Gasteiger charge is -1.88. The summed E-state index contributed by atoms with van der Waals surface area (Å²) in [5.41, 5.74) is 8.90. The number of hydrogen-bond donors (Lipinski definition) is 1. The predicted molar refractivity (Wildman–Crippen MR) is 45.5 cm³/mol. The van der Waals surface area contributed by atoms with E-state index in [1.807, 2.05) is 0 Å². The van der Waals surface area contributed by atoms with Crippen LogP contribution >= 0.6 is 11.3 Å². The van der Waals surface area contributed by atoms with Crippen LogP contribution in [0.1, 0.15) is 0 Å². The van der Waals surface area contributed by atoms with E-state index in [2.05, 4.69) is 10.1 Å². The van der Waals surface area contributed by atoms with Gasteiger partial charge in [0.05, 0.1) is 4.70 Å². The van der Waals surface area contributed by atoms with Gasteiger partial charge in [0.2, 0.25) is 5.13 Å². The van der Waals surface area contributed by atoms with Gasteiger partial charge in [-0.05, 0) is 17.7 Å². The number of thiazole rings is 1. The molecular formula is C7H4N3OS. The number of phenols is 1. The summed E-state index contributed by atoms with van der Waals surface area (Å²) in [5.74, 6) is 0.110. The molecule has 1 heterocycles. The molecule has 0 aliphatic rings. The van der Waals surface area contributed by atoms with Gasteiger partial charge in [-0.2, -0.15) is 0 Å². The van der Waals surface area contributed by atoms with Gasteiger partial charge in [-0.3, -0.25) is 0 Å². The van der Waals surface area contributed by atoms with Crippen LogP contribution in [0.5, 0.6) is 5.75 Å². The molecule has 12 heavy (non-hydrogen) atoms. The number of benzene rings is 1. The smallest absolute Gasteiger partial charge is 0.233 e. The fraction of sp³-hybridized carbons (Fsp3) is 0. The fourth-order valence-electron chi connectivity index (χ4n) is 0.965. The molecule has 0 amide bonds. The van der Waals surface area contributed by atoms with E-state index >= 15 is 0 Å². The summed E-state index contributed by atoms with van der Waals surface area (Å²) in [6.45, 7) is 0. The average molecular weight is 178 g/mol. The van der Waals surface area contributed by atoms with Gasteiger partial charge in [-0.25, -0.2) is 4.98 Å². The van der Waals surface area contributed by atoms with Gasteiger partial charge in [0.1, 0.15) is 11.3 Å². The molecule has 1 aromatic heterocycles. The molecule has 2 aromatic rings. The van der Waals surface area contributed by atoms with Gasteiger partial charge in [0.15, 0.2) is 0 Å². The summed E-state index contributed by atoms with van der Waals surface area (Å²) >= 11 is 1.22. The third-order valence-electron chi connectivity index (χ3n) is 1.47. The standard InChI is InChI=1S/C7H4N3OS/c8-10-7-9-6-4(11)2-1-3-5(6)12-7/h1-3,11H. The molecule has 1 radical (unpaired) electrons. The lowest BCUT2D eigenvalue weighted by atomic mass is 10.3. The first kappa shape index (κ1) is 7.17. The van der Waals surface area contributed by atoms with Gasteiger partial charge in [0.25, 0.3) is 0 Å². The first-order valence-corrected chi connectivity index (χ1v) is 4.06. The second-order valence-electron chi connectivity index (χ2n) is 2.22. The highest BCUT2D eigenvalue weighted by molar-refractivity contribution is 7.21. The zero-order valence-corrected chi connectivity index (χ0v) is 6.75. The molecule has 0 unspecified atom stereocenters. The van der Waals surface area contributed by atoms with Crippen molar-refractivity contribution in [3.63, 3.8) is 0 Å². The van der Waals surface area contributed by atoms with E-state index in [9.17, 15) is 5.11 Å². The zero-order chi connectivity index (χ0) is 8.55. The van der Waals surface area contributed by atoms with Gasteiger partial charge >= 0.3 is 0 Å². The fourth-order valence-corrected chi connectivity index (χ4v) is 1.73. The summed E-state index contributed by atoms with van der Waals surface area (Å²) in [4.78, 5) is 3.88. The molecule has 0 fully saturated rings. The normalized spacial score (nSPS) is 10.3. The van der Waals surface area contributed by atoms with Gasteiger partial charge in [-0.1, -0.05) is 22.5 Å². The molecule has 0 saturated heterocycles. The van der Waals surface area contributed by atoms with E-state index in [0.29, 0.717) is 5.52 Å². The number of aromatic hydroxyl groups is 1. The minimum Gasteiger partial charge on any atom is -0.506 e. The van der Waals surface area contributed by atoms with Gasteiger partial charge in [0, 0.05) is 0 Å². The van der Waals surface area contributed by atoms with Crippen molar-refractivity contribution >= 4 is 26.7 Å². The minimum absolute atomic E-state index is 0.110. The molecule has 0 aliphatic carbocycles. The van der Waals surface area contributed by atoms with E-state index in [1.54, 1.807) is 18.2 Å². The van der Waals surface area contributed by atoms with Crippen LogP contribution in [0.2, 0.25) is 0 Å². The van der Waals surface area contributed by atoms with Crippen molar-refractivity contribution in [1.29, 1.82) is 0 Å². The van der Waals surface area contributed by atoms with Crippen LogP contribution in [0.15, 0.2) is 23.3 Å². The first-order valence-electron chi connectivity index (χ1n) is 3.25. The van der Waals surface area contributed by atoms with Crippen molar-refractivity contribution in [2.45, 2.75) is 0 Å². The third kappa shape index (κ3) is 0.947. The summed E-state index contributed by atoms with van der Waals surface area (Å²) in [5, 5.41) is 12.5. The molecule has 4 nitrogen and oxygen atoms in total. The van der Waals surface area contributed by atoms with Crippen LogP contribution in [-0.2, 0) is 0 Å². The Hall–Kier alpha value is -1.49. The van der Waals surface area contributed by atoms with Crippen molar-refractivity contribution in [2.24, 2.45) is 5.11 Å². The van der Waals surface area contributed by atoms with E-state index in [-0.39, 0.29) is 10.9 Å². The highest BCUT2D eigenvalue weighted by atomic mass is 32.1. The maximum atomic E-state index is 9.30. The average Bonchev–Trinajstić information content (AvgIpc) is 2.49. The van der Waals surface area contributed by atoms with Crippen LogP contribution in [0.3, 0.4) is 0 Å². The van der Waals surface area contributed by atoms with Crippen LogP contribution in [0, 0.1) is 0 Å². The number of aromatic nitrogens is 1. The van der Waals surface area contributed by atoms with Crippen molar-refractivity contribution in [3.05, 3.63) is 18.2 Å². The molecule has 0 spiro atoms. The van der Waals surface area contributed by atoms with Crippen LogP contribution in [0.4, 0.5) is 5.13 Å². The minimum atomic E-state index is 0.110. The second kappa shape index (κ2) is 2.53. The van der Waals surface area contributed by atoms with E-state index in [1.165, 1.54) is 11.3 Å². The summed E-state index contributed by atoms with van der Waals surface area (Å²) in [7, 11) is 0. The largest absolute Gasteiger partial charge is 0.506 e. The Morgan fingerprint density at radius 2 is 2.33 bits per heavy atom. The number of hydrogen-bond acceptors (Lipinski definition) is 4. The lowest BCUT2D eigenvalue weighted by Crippen LogP contribution is -1.68. The van der Waals surface area contributed by atoms with Crippen molar-refractivity contribution < 1.29 is 5.11 Å². The maximum absolute atomic E-state index is 9.30. The molecule has 0 bridgehead atoms. The molecule has 0 atom stereocenters. The Labute approximate surface area is 72.0 Å². The quantitative estimate of drug-likeness (QED) is 0.677. The Balaban J connectivity index is 2.82. The van der Waals surface area contributed by atoms with Crippen molar-refractivity contribution in [1.82, 2.24) is 10.5 Å². The van der Waals surface area contributed by atoms with Crippen LogP contribution in [-0.4, -0.2) is 10.1 Å². The maximum Gasteiger partial charge on any atom is 0.233 e. The Morgan fingerprint density at radius 1 is 1.50 bits per heavy atom. The predicted octanol–water partition coefficient (Wildman–Crippen LogP) is 1.89. The molecule has 59 valence electrons. The molecule has 5 heteroatoms. The van der Waals surface area contributed by atoms with Crippen LogP contribution in [0.25, 0.3) is 10.2 Å². The summed E-state index contributed by atoms with van der Waals surface area (Å²) in [6.07, 6.45) is 0. The summed E-state index contributed by atoms with van der Waals surface area (Å²) < 4.78 is 0.808. The summed E-state index contributed by atoms with van der Waals surface area (Å²) in [6, 6.07) is 5.07. The number of rotatable bonds is 1. The first-order chi connectivity index (χ1) is 5.81. The van der Waals surface area contributed by atoms with Gasteiger partial charge in [-0.15, -0.1) is 0 Å². The number of nitrogens with zero attached hydrogens (tertiary/aromatic N) is 3. The van der Waals surface area contributed by atoms with Gasteiger partial charge < -0.3 is 5.11 Å². The number of para-hydroxylation sites is 1. The van der Waals surface area contributed by atoms with Crippen LogP contribution < -0.4 is 5.53 Å². The topological polar surface area (TPSA) is 67.8 Å². The van der Waals surface area contributed by atoms with E-state index in [4.69, 9.17) is 5.53 Å². The Morgan fingerprint density at radius 3 is 3.00 bits per heavy atom. The molecule has 1 N–H and O–H groups in total. The molecular weight excluding hydrogens is 174 g/mol. The zero-order valence-electron chi connectivity index (χ0n) is 5.93. The molecule has 2 rings (SSSR count). The number of phenolic OH excluding ortho intramolecular Hbond substituents is 1. The van der Waals surface area contributed by atoms with E-state index < -0.39 is 0 Å². The van der Waals surface area contributed by atoms with Crippen molar-refractivity contribution in [2.75, 3.05) is 0 Å². The molecule has 1 aromatic carbocycles. The Bertz CT molecular complexity index is 437. The highest BCUT2D eigenvalue weighted by Gasteiger charge is 2.05. The lowest BCUT2D eigenvalue weighted by molar-refractivity contribution is 0.480. The van der Waals surface area contributed by atoms with E-state index in [0.717, 1.165) is 4.70 Å². The third-order valence-corrected chi connectivity index (χ3v) is 2.38. The SMILES string of the molecule is [N]=Nc1nc2c(O)cccc2s1. The molecule has 0 aliphatic heterocycles. The second-order valence-corrected chi connectivity index (χ2v) is 3.23. The monoisotopic (exact) mass is 178 g/mol.